The molecule has 0 aromatic heterocycles. The molecule has 3 rings (SSSR count). The van der Waals surface area contributed by atoms with Gasteiger partial charge in [-0.25, -0.2) is 0 Å². The molecule has 17 heavy (non-hydrogen) atoms. The van der Waals surface area contributed by atoms with Crippen molar-refractivity contribution < 1.29 is 9.47 Å². The molecule has 3 aliphatic heterocycles. The maximum Gasteiger partial charge on any atom is 0.122 e. The van der Waals surface area contributed by atoms with Crippen LogP contribution in [0.5, 0.6) is 0 Å². The van der Waals surface area contributed by atoms with Crippen LogP contribution in [0.25, 0.3) is 0 Å². The first kappa shape index (κ1) is 11.9. The van der Waals surface area contributed by atoms with E-state index < -0.39 is 0 Å². The van der Waals surface area contributed by atoms with Crippen molar-refractivity contribution in [1.29, 1.82) is 0 Å². The molecule has 1 N–H and O–H groups in total. The Morgan fingerprint density at radius 1 is 1.18 bits per heavy atom. The zero-order valence-electron chi connectivity index (χ0n) is 10.8. The third-order valence-electron chi connectivity index (χ3n) is 4.62. The van der Waals surface area contributed by atoms with Crippen LogP contribution < -0.4 is 5.32 Å². The van der Waals surface area contributed by atoms with E-state index in [2.05, 4.69) is 17.1 Å². The Labute approximate surface area is 104 Å². The average molecular weight is 240 g/mol. The minimum atomic E-state index is -0.0579. The summed E-state index contributed by atoms with van der Waals surface area (Å²) in [6.07, 6.45) is 4.41. The Hall–Kier alpha value is -0.160. The number of likely N-dealkylation sites (tertiary alicyclic amines) is 1. The van der Waals surface area contributed by atoms with Gasteiger partial charge in [-0.3, -0.25) is 5.32 Å². The molecule has 0 aromatic carbocycles. The summed E-state index contributed by atoms with van der Waals surface area (Å²) in [5.74, 6) is 0. The fourth-order valence-corrected chi connectivity index (χ4v) is 3.40. The van der Waals surface area contributed by atoms with E-state index in [1.165, 1.54) is 0 Å². The van der Waals surface area contributed by atoms with Gasteiger partial charge in [0.1, 0.15) is 5.72 Å². The molecule has 0 amide bonds. The molecular weight excluding hydrogens is 216 g/mol. The molecule has 0 aromatic rings. The van der Waals surface area contributed by atoms with E-state index in [0.717, 1.165) is 65.1 Å². The second-order valence-corrected chi connectivity index (χ2v) is 5.69. The molecule has 0 aliphatic carbocycles. The SMILES string of the molecule is CCN1CCC2(CC1)NCCC1(CCOC1)O2. The van der Waals surface area contributed by atoms with Gasteiger partial charge in [-0.2, -0.15) is 0 Å². The van der Waals surface area contributed by atoms with Crippen LogP contribution in [-0.4, -0.2) is 55.6 Å². The summed E-state index contributed by atoms with van der Waals surface area (Å²) in [6.45, 7) is 8.45. The summed E-state index contributed by atoms with van der Waals surface area (Å²) in [5.41, 5.74) is -0.0305. The molecular formula is C13H24N2O2. The van der Waals surface area contributed by atoms with E-state index in [1.807, 2.05) is 0 Å². The third-order valence-corrected chi connectivity index (χ3v) is 4.62. The van der Waals surface area contributed by atoms with Gasteiger partial charge in [-0.15, -0.1) is 0 Å². The summed E-state index contributed by atoms with van der Waals surface area (Å²) < 4.78 is 12.0. The van der Waals surface area contributed by atoms with Gasteiger partial charge in [0.05, 0.1) is 12.2 Å². The molecule has 3 aliphatic rings. The third kappa shape index (κ3) is 2.24. The molecule has 1 unspecified atom stereocenters. The lowest BCUT2D eigenvalue weighted by Gasteiger charge is -2.50. The fourth-order valence-electron chi connectivity index (χ4n) is 3.40. The predicted octanol–water partition coefficient (Wildman–Crippen LogP) is 0.967. The molecule has 0 bridgehead atoms. The topological polar surface area (TPSA) is 33.7 Å². The Kier molecular flexibility index (Phi) is 3.15. The van der Waals surface area contributed by atoms with Gasteiger partial charge in [0.2, 0.25) is 0 Å². The van der Waals surface area contributed by atoms with E-state index in [9.17, 15) is 0 Å². The maximum absolute atomic E-state index is 6.49. The summed E-state index contributed by atoms with van der Waals surface area (Å²) in [6, 6.07) is 0. The maximum atomic E-state index is 6.49. The molecule has 2 spiro atoms. The quantitative estimate of drug-likeness (QED) is 0.740. The highest BCUT2D eigenvalue weighted by Crippen LogP contribution is 2.38. The number of hydrogen-bond acceptors (Lipinski definition) is 4. The lowest BCUT2D eigenvalue weighted by molar-refractivity contribution is -0.216. The van der Waals surface area contributed by atoms with E-state index in [1.54, 1.807) is 0 Å². The Balaban J connectivity index is 1.67. The number of nitrogens with one attached hydrogen (secondary N) is 1. The molecule has 3 fully saturated rings. The first-order chi connectivity index (χ1) is 8.26. The zero-order chi connectivity index (χ0) is 11.8. The highest BCUT2D eigenvalue weighted by molar-refractivity contribution is 4.97. The van der Waals surface area contributed by atoms with Gasteiger partial charge in [0.25, 0.3) is 0 Å². The molecule has 4 nitrogen and oxygen atoms in total. The fraction of sp³-hybridized carbons (Fsp3) is 1.00. The largest absolute Gasteiger partial charge is 0.378 e. The second-order valence-electron chi connectivity index (χ2n) is 5.69. The summed E-state index contributed by atoms with van der Waals surface area (Å²) in [7, 11) is 0. The van der Waals surface area contributed by atoms with Crippen molar-refractivity contribution in [1.82, 2.24) is 10.2 Å². The number of ether oxygens (including phenoxy) is 2. The molecule has 3 heterocycles. The molecule has 1 atom stereocenters. The van der Waals surface area contributed by atoms with Gasteiger partial charge in [-0.1, -0.05) is 6.92 Å². The van der Waals surface area contributed by atoms with Gasteiger partial charge >= 0.3 is 0 Å². The highest BCUT2D eigenvalue weighted by atomic mass is 16.6. The minimum Gasteiger partial charge on any atom is -0.378 e. The highest BCUT2D eigenvalue weighted by Gasteiger charge is 2.48. The van der Waals surface area contributed by atoms with Crippen molar-refractivity contribution in [3.8, 4) is 0 Å². The van der Waals surface area contributed by atoms with E-state index in [4.69, 9.17) is 9.47 Å². The van der Waals surface area contributed by atoms with Crippen molar-refractivity contribution in [3.63, 3.8) is 0 Å². The van der Waals surface area contributed by atoms with Crippen molar-refractivity contribution in [2.45, 2.75) is 43.9 Å². The lowest BCUT2D eigenvalue weighted by atomic mass is 9.90. The number of rotatable bonds is 1. The lowest BCUT2D eigenvalue weighted by Crippen LogP contribution is -2.63. The van der Waals surface area contributed by atoms with E-state index in [-0.39, 0.29) is 11.3 Å². The minimum absolute atomic E-state index is 0.0274. The van der Waals surface area contributed by atoms with Crippen LogP contribution >= 0.6 is 0 Å². The molecule has 3 saturated heterocycles. The van der Waals surface area contributed by atoms with Gasteiger partial charge in [0.15, 0.2) is 0 Å². The van der Waals surface area contributed by atoms with Gasteiger partial charge in [0, 0.05) is 45.5 Å². The van der Waals surface area contributed by atoms with Crippen LogP contribution in [0.2, 0.25) is 0 Å². The van der Waals surface area contributed by atoms with Crippen molar-refractivity contribution >= 4 is 0 Å². The summed E-state index contributed by atoms with van der Waals surface area (Å²) >= 11 is 0. The van der Waals surface area contributed by atoms with Gasteiger partial charge < -0.3 is 14.4 Å². The van der Waals surface area contributed by atoms with Crippen LogP contribution in [0.15, 0.2) is 0 Å². The monoisotopic (exact) mass is 240 g/mol. The average Bonchev–Trinajstić information content (AvgIpc) is 2.78. The second kappa shape index (κ2) is 4.50. The number of piperidine rings is 1. The van der Waals surface area contributed by atoms with Crippen LogP contribution in [0.4, 0.5) is 0 Å². The molecule has 4 heteroatoms. The Morgan fingerprint density at radius 3 is 2.65 bits per heavy atom. The van der Waals surface area contributed by atoms with E-state index >= 15 is 0 Å². The molecule has 98 valence electrons. The van der Waals surface area contributed by atoms with Gasteiger partial charge in [-0.05, 0) is 13.0 Å². The van der Waals surface area contributed by atoms with Crippen LogP contribution in [0.3, 0.4) is 0 Å². The summed E-state index contributed by atoms with van der Waals surface area (Å²) in [5, 5.41) is 3.63. The van der Waals surface area contributed by atoms with Crippen LogP contribution in [0.1, 0.15) is 32.6 Å². The number of hydrogen-bond donors (Lipinski definition) is 1. The Bertz CT molecular complexity index is 269. The molecule has 0 saturated carbocycles. The van der Waals surface area contributed by atoms with Crippen LogP contribution in [0, 0.1) is 0 Å². The standard InChI is InChI=1S/C13H24N2O2/c1-2-15-8-4-13(5-9-15)14-7-3-12(17-13)6-10-16-11-12/h14H,2-11H2,1H3. The zero-order valence-corrected chi connectivity index (χ0v) is 10.8. The molecule has 0 radical (unpaired) electrons. The smallest absolute Gasteiger partial charge is 0.122 e. The van der Waals surface area contributed by atoms with E-state index in [0.29, 0.717) is 0 Å². The van der Waals surface area contributed by atoms with Crippen molar-refractivity contribution in [2.24, 2.45) is 0 Å². The first-order valence-electron chi connectivity index (χ1n) is 7.01. The first-order valence-corrected chi connectivity index (χ1v) is 7.01. The number of nitrogens with zero attached hydrogens (tertiary/aromatic N) is 1. The summed E-state index contributed by atoms with van der Waals surface area (Å²) in [4.78, 5) is 2.50. The van der Waals surface area contributed by atoms with Crippen molar-refractivity contribution in [3.05, 3.63) is 0 Å². The normalized spacial score (nSPS) is 37.9. The predicted molar refractivity (Wildman–Crippen MR) is 66.0 cm³/mol. The van der Waals surface area contributed by atoms with Crippen LogP contribution in [-0.2, 0) is 9.47 Å². The Morgan fingerprint density at radius 2 is 2.00 bits per heavy atom. The van der Waals surface area contributed by atoms with Crippen molar-refractivity contribution in [2.75, 3.05) is 39.4 Å².